The molecule has 5 amide bonds. The van der Waals surface area contributed by atoms with Crippen molar-refractivity contribution in [2.75, 3.05) is 58.3 Å². The van der Waals surface area contributed by atoms with Crippen LogP contribution in [0, 0.1) is 5.92 Å². The average molecular weight is 730 g/mol. The van der Waals surface area contributed by atoms with E-state index in [1.165, 1.54) is 18.7 Å². The van der Waals surface area contributed by atoms with Crippen LogP contribution in [0.3, 0.4) is 0 Å². The van der Waals surface area contributed by atoms with Gasteiger partial charge in [-0.25, -0.2) is 4.79 Å². The molecular weight excluding hydrogens is 678 g/mol. The molecule has 14 nitrogen and oxygen atoms in total. The van der Waals surface area contributed by atoms with Crippen LogP contribution < -0.4 is 26.6 Å². The van der Waals surface area contributed by atoms with Gasteiger partial charge >= 0.3 is 6.09 Å². The summed E-state index contributed by atoms with van der Waals surface area (Å²) in [5, 5.41) is 22.2. The van der Waals surface area contributed by atoms with Crippen molar-refractivity contribution in [3.63, 3.8) is 0 Å². The number of amides is 5. The van der Waals surface area contributed by atoms with Crippen molar-refractivity contribution in [2.24, 2.45) is 5.92 Å². The van der Waals surface area contributed by atoms with Crippen molar-refractivity contribution in [1.29, 1.82) is 0 Å². The Morgan fingerprint density at radius 1 is 0.824 bits per heavy atom. The van der Waals surface area contributed by atoms with E-state index in [1.54, 1.807) is 21.0 Å². The van der Waals surface area contributed by atoms with Crippen LogP contribution in [-0.2, 0) is 33.4 Å². The number of ether oxygens (including phenoxy) is 3. The summed E-state index contributed by atoms with van der Waals surface area (Å²) in [6, 6.07) is 12.9. The van der Waals surface area contributed by atoms with Gasteiger partial charge in [-0.05, 0) is 41.5 Å². The van der Waals surface area contributed by atoms with Crippen LogP contribution in [0.25, 0.3) is 11.1 Å². The maximum absolute atomic E-state index is 13.2. The molecule has 0 aromatic heterocycles. The fourth-order valence-electron chi connectivity index (χ4n) is 5.50. The lowest BCUT2D eigenvalue weighted by molar-refractivity contribution is -0.132. The summed E-state index contributed by atoms with van der Waals surface area (Å²) < 4.78 is 16.0. The average Bonchev–Trinajstić information content (AvgIpc) is 3.44. The van der Waals surface area contributed by atoms with Crippen molar-refractivity contribution in [2.45, 2.75) is 57.7 Å². The summed E-state index contributed by atoms with van der Waals surface area (Å²) >= 11 is 1.34. The number of aliphatic hydroxyl groups is 1. The number of thioether (sulfide) groups is 1. The minimum atomic E-state index is -1.12. The molecule has 0 aliphatic heterocycles. The van der Waals surface area contributed by atoms with E-state index < -0.39 is 47.8 Å². The third-order valence-corrected chi connectivity index (χ3v) is 9.01. The predicted octanol–water partition coefficient (Wildman–Crippen LogP) is 1.90. The topological polar surface area (TPSA) is 193 Å². The Morgan fingerprint density at radius 2 is 1.49 bits per heavy atom. The van der Waals surface area contributed by atoms with Crippen LogP contribution in [0.15, 0.2) is 48.5 Å². The zero-order valence-electron chi connectivity index (χ0n) is 29.7. The van der Waals surface area contributed by atoms with Gasteiger partial charge in [0, 0.05) is 31.7 Å². The first-order valence-electron chi connectivity index (χ1n) is 17.1. The summed E-state index contributed by atoms with van der Waals surface area (Å²) in [5.41, 5.74) is 4.25. The SMILES string of the molecule is COCCOCCNC(=O)[C@H](CCC(=O)N[C@H](C(=O)N[C@@H](C)C(=O)NCSCCO)C(C)C)NC(=O)OCC1c2ccccc2-c2ccccc21. The van der Waals surface area contributed by atoms with Crippen LogP contribution >= 0.6 is 11.8 Å². The molecule has 3 atom stereocenters. The van der Waals surface area contributed by atoms with E-state index in [4.69, 9.17) is 19.3 Å². The van der Waals surface area contributed by atoms with Crippen molar-refractivity contribution in [3.8, 4) is 11.1 Å². The molecular formula is C36H51N5O9S. The Labute approximate surface area is 303 Å². The van der Waals surface area contributed by atoms with Gasteiger partial charge in [0.25, 0.3) is 0 Å². The zero-order valence-corrected chi connectivity index (χ0v) is 30.5. The molecule has 15 heteroatoms. The van der Waals surface area contributed by atoms with Gasteiger partial charge in [-0.3, -0.25) is 19.2 Å². The number of aliphatic hydroxyl groups excluding tert-OH is 1. The van der Waals surface area contributed by atoms with Gasteiger partial charge in [0.2, 0.25) is 23.6 Å². The first kappa shape index (κ1) is 41.2. The summed E-state index contributed by atoms with van der Waals surface area (Å²) in [7, 11) is 1.55. The Hall–Kier alpha value is -4.18. The molecule has 3 rings (SSSR count). The number of hydrogen-bond donors (Lipinski definition) is 6. The molecule has 1 aliphatic carbocycles. The van der Waals surface area contributed by atoms with Gasteiger partial charge < -0.3 is 45.9 Å². The Morgan fingerprint density at radius 3 is 2.12 bits per heavy atom. The van der Waals surface area contributed by atoms with Crippen LogP contribution in [0.4, 0.5) is 4.79 Å². The molecule has 1 aliphatic rings. The maximum Gasteiger partial charge on any atom is 0.407 e. The molecule has 6 N–H and O–H groups in total. The minimum Gasteiger partial charge on any atom is -0.449 e. The maximum atomic E-state index is 13.2. The smallest absolute Gasteiger partial charge is 0.407 e. The fourth-order valence-corrected chi connectivity index (χ4v) is 6.02. The lowest BCUT2D eigenvalue weighted by atomic mass is 9.98. The van der Waals surface area contributed by atoms with Gasteiger partial charge in [0.15, 0.2) is 0 Å². The van der Waals surface area contributed by atoms with Crippen molar-refractivity contribution >= 4 is 41.5 Å². The molecule has 2 aromatic carbocycles. The number of rotatable bonds is 22. The molecule has 0 fully saturated rings. The highest BCUT2D eigenvalue weighted by atomic mass is 32.2. The van der Waals surface area contributed by atoms with Crippen LogP contribution in [-0.4, -0.2) is 111 Å². The molecule has 0 spiro atoms. The lowest BCUT2D eigenvalue weighted by Gasteiger charge is -2.24. The van der Waals surface area contributed by atoms with Crippen LogP contribution in [0.1, 0.15) is 50.7 Å². The number of benzene rings is 2. The van der Waals surface area contributed by atoms with Crippen LogP contribution in [0.2, 0.25) is 0 Å². The lowest BCUT2D eigenvalue weighted by Crippen LogP contribution is -2.54. The van der Waals surface area contributed by atoms with Crippen LogP contribution in [0.5, 0.6) is 0 Å². The normalized spacial score (nSPS) is 13.7. The number of nitrogens with one attached hydrogen (secondary N) is 5. The van der Waals surface area contributed by atoms with Gasteiger partial charge in [-0.15, -0.1) is 11.8 Å². The fraction of sp³-hybridized carbons (Fsp3) is 0.528. The van der Waals surface area contributed by atoms with Gasteiger partial charge in [0.1, 0.15) is 24.7 Å². The summed E-state index contributed by atoms with van der Waals surface area (Å²) in [5.74, 6) is -1.73. The Bertz CT molecular complexity index is 1410. The van der Waals surface area contributed by atoms with E-state index >= 15 is 0 Å². The third-order valence-electron chi connectivity index (χ3n) is 8.19. The van der Waals surface area contributed by atoms with Gasteiger partial charge in [0.05, 0.1) is 32.3 Å². The number of hydrogen-bond acceptors (Lipinski definition) is 10. The number of methoxy groups -OCH3 is 1. The van der Waals surface area contributed by atoms with Gasteiger partial charge in [-0.2, -0.15) is 0 Å². The summed E-state index contributed by atoms with van der Waals surface area (Å²) in [6.07, 6.45) is -1.08. The molecule has 0 radical (unpaired) electrons. The standard InChI is InChI=1S/C36H51N5O9S/c1-23(2)32(35(46)39-24(3)33(44)38-22-51-20-16-42)41-31(43)14-13-30(34(45)37-15-17-49-19-18-48-4)40-36(47)50-21-29-27-11-7-5-9-25(27)26-10-6-8-12-28(26)29/h5-12,23-24,29-30,32,42H,13-22H2,1-4H3,(H,37,45)(H,38,44)(H,39,46)(H,40,47)(H,41,43)/t24-,30-,32-/m0/s1. The number of alkyl carbamates (subject to hydrolysis) is 1. The molecule has 0 saturated carbocycles. The minimum absolute atomic E-state index is 0.0102. The number of carbonyl (C=O) groups is 5. The molecule has 51 heavy (non-hydrogen) atoms. The highest BCUT2D eigenvalue weighted by Crippen LogP contribution is 2.44. The second kappa shape index (κ2) is 21.9. The summed E-state index contributed by atoms with van der Waals surface area (Å²) in [6.45, 7) is 6.22. The van der Waals surface area contributed by atoms with E-state index in [0.717, 1.165) is 22.3 Å². The quantitative estimate of drug-likeness (QED) is 0.0771. The van der Waals surface area contributed by atoms with Crippen molar-refractivity contribution in [1.82, 2.24) is 26.6 Å². The van der Waals surface area contributed by atoms with E-state index in [2.05, 4.69) is 26.6 Å². The highest BCUT2D eigenvalue weighted by Gasteiger charge is 2.31. The van der Waals surface area contributed by atoms with E-state index in [0.29, 0.717) is 19.0 Å². The molecule has 0 bridgehead atoms. The molecule has 2 aromatic rings. The monoisotopic (exact) mass is 729 g/mol. The van der Waals surface area contributed by atoms with E-state index in [-0.39, 0.29) is 56.9 Å². The molecule has 0 saturated heterocycles. The largest absolute Gasteiger partial charge is 0.449 e. The number of carbonyl (C=O) groups excluding carboxylic acids is 5. The van der Waals surface area contributed by atoms with E-state index in [9.17, 15) is 24.0 Å². The molecule has 280 valence electrons. The van der Waals surface area contributed by atoms with Crippen molar-refractivity contribution < 1.29 is 43.3 Å². The molecule has 0 heterocycles. The first-order chi connectivity index (χ1) is 24.6. The molecule has 0 unspecified atom stereocenters. The van der Waals surface area contributed by atoms with E-state index in [1.807, 2.05) is 48.5 Å². The number of fused-ring (bicyclic) bond motifs is 3. The Kier molecular flexibility index (Phi) is 17.7. The van der Waals surface area contributed by atoms with Gasteiger partial charge in [-0.1, -0.05) is 62.4 Å². The zero-order chi connectivity index (χ0) is 37.2. The Balaban J connectivity index is 1.59. The second-order valence-corrected chi connectivity index (χ2v) is 13.4. The van der Waals surface area contributed by atoms with Crippen molar-refractivity contribution in [3.05, 3.63) is 59.7 Å². The third kappa shape index (κ3) is 13.1. The second-order valence-electron chi connectivity index (χ2n) is 12.3. The summed E-state index contributed by atoms with van der Waals surface area (Å²) in [4.78, 5) is 64.8. The predicted molar refractivity (Wildman–Crippen MR) is 194 cm³/mol. The highest BCUT2D eigenvalue weighted by molar-refractivity contribution is 7.99. The first-order valence-corrected chi connectivity index (χ1v) is 18.2.